The molecule has 0 atom stereocenters. The Labute approximate surface area is 125 Å². The molecule has 0 radical (unpaired) electrons. The molecule has 1 fully saturated rings. The molecule has 2 amide bonds. The number of likely N-dealkylation sites (tertiary alicyclic amines) is 1. The van der Waals surface area contributed by atoms with Gasteiger partial charge in [0, 0.05) is 37.2 Å². The van der Waals surface area contributed by atoms with Crippen molar-refractivity contribution < 1.29 is 9.59 Å². The van der Waals surface area contributed by atoms with Gasteiger partial charge in [0.25, 0.3) is 0 Å². The van der Waals surface area contributed by atoms with E-state index in [4.69, 9.17) is 0 Å². The number of rotatable bonds is 6. The molecule has 4 nitrogen and oxygen atoms in total. The number of benzene rings is 1. The third kappa shape index (κ3) is 4.18. The third-order valence-corrected chi connectivity index (χ3v) is 3.65. The minimum atomic E-state index is 0.0386. The first-order valence-electron chi connectivity index (χ1n) is 7.47. The van der Waals surface area contributed by atoms with E-state index in [1.807, 2.05) is 31.2 Å². The van der Waals surface area contributed by atoms with E-state index in [-0.39, 0.29) is 11.8 Å². The predicted octanol–water partition coefficient (Wildman–Crippen LogP) is 3.10. The van der Waals surface area contributed by atoms with E-state index in [1.165, 1.54) is 0 Å². The Kier molecular flexibility index (Phi) is 5.14. The van der Waals surface area contributed by atoms with E-state index >= 15 is 0 Å². The molecule has 1 aromatic carbocycles. The Morgan fingerprint density at radius 3 is 2.48 bits per heavy atom. The Morgan fingerprint density at radius 2 is 1.95 bits per heavy atom. The lowest BCUT2D eigenvalue weighted by molar-refractivity contribution is -0.131. The molecule has 1 aliphatic rings. The number of amides is 2. The van der Waals surface area contributed by atoms with Crippen LogP contribution in [0.4, 0.5) is 5.69 Å². The molecule has 0 spiro atoms. The zero-order valence-electron chi connectivity index (χ0n) is 12.5. The number of hydrogen-bond acceptors (Lipinski definition) is 2. The molecule has 0 aromatic heterocycles. The molecule has 1 aromatic rings. The summed E-state index contributed by atoms with van der Waals surface area (Å²) in [5, 5.41) is 2.85. The second-order valence-electron chi connectivity index (χ2n) is 5.36. The summed E-state index contributed by atoms with van der Waals surface area (Å²) in [5.41, 5.74) is 2.83. The number of nitrogens with one attached hydrogen (secondary N) is 1. The largest absolute Gasteiger partial charge is 0.326 e. The highest BCUT2D eigenvalue weighted by atomic mass is 16.2. The number of hydrogen-bond donors (Lipinski definition) is 1. The van der Waals surface area contributed by atoms with Gasteiger partial charge < -0.3 is 10.2 Å². The second kappa shape index (κ2) is 7.07. The van der Waals surface area contributed by atoms with Crippen molar-refractivity contribution in [2.24, 2.45) is 0 Å². The van der Waals surface area contributed by atoms with Gasteiger partial charge in [0.1, 0.15) is 0 Å². The van der Waals surface area contributed by atoms with Crippen molar-refractivity contribution in [3.05, 3.63) is 42.1 Å². The molecule has 0 saturated carbocycles. The molecule has 0 bridgehead atoms. The summed E-state index contributed by atoms with van der Waals surface area (Å²) in [5.74, 6) is 0.184. The lowest BCUT2D eigenvalue weighted by Gasteiger charge is -2.33. The van der Waals surface area contributed by atoms with Gasteiger partial charge in [-0.25, -0.2) is 0 Å². The Morgan fingerprint density at radius 1 is 1.24 bits per heavy atom. The van der Waals surface area contributed by atoms with Gasteiger partial charge in [0.05, 0.1) is 0 Å². The van der Waals surface area contributed by atoms with Crippen LogP contribution in [0.3, 0.4) is 0 Å². The minimum Gasteiger partial charge on any atom is -0.326 e. The topological polar surface area (TPSA) is 49.4 Å². The number of carbonyl (C=O) groups excluding carboxylic acids is 2. The maximum absolute atomic E-state index is 11.9. The van der Waals surface area contributed by atoms with Crippen molar-refractivity contribution in [1.82, 2.24) is 4.90 Å². The Balaban J connectivity index is 1.80. The van der Waals surface area contributed by atoms with Gasteiger partial charge in [-0.15, -0.1) is 0 Å². The van der Waals surface area contributed by atoms with Gasteiger partial charge >= 0.3 is 0 Å². The molecule has 0 unspecified atom stereocenters. The molecule has 2 rings (SSSR count). The maximum Gasteiger partial charge on any atom is 0.227 e. The molecule has 21 heavy (non-hydrogen) atoms. The van der Waals surface area contributed by atoms with Gasteiger partial charge in [-0.1, -0.05) is 25.6 Å². The first kappa shape index (κ1) is 15.3. The smallest absolute Gasteiger partial charge is 0.227 e. The summed E-state index contributed by atoms with van der Waals surface area (Å²) in [6.45, 7) is 6.62. The monoisotopic (exact) mass is 286 g/mol. The average molecular weight is 286 g/mol. The van der Waals surface area contributed by atoms with Crippen LogP contribution in [-0.2, 0) is 16.0 Å². The summed E-state index contributed by atoms with van der Waals surface area (Å²) in [6, 6.07) is 7.69. The lowest BCUT2D eigenvalue weighted by Crippen LogP contribution is -2.39. The van der Waals surface area contributed by atoms with Gasteiger partial charge in [0.15, 0.2) is 0 Å². The average Bonchev–Trinajstić information content (AvgIpc) is 2.45. The van der Waals surface area contributed by atoms with Crippen molar-refractivity contribution in [1.29, 1.82) is 0 Å². The van der Waals surface area contributed by atoms with Crippen LogP contribution < -0.4 is 5.32 Å². The van der Waals surface area contributed by atoms with Crippen LogP contribution in [0, 0.1) is 0 Å². The molecule has 1 saturated heterocycles. The molecule has 1 N–H and O–H groups in total. The number of aryl methyl sites for hydroxylation is 1. The quantitative estimate of drug-likeness (QED) is 0.873. The van der Waals surface area contributed by atoms with Gasteiger partial charge in [-0.05, 0) is 30.5 Å². The Bertz CT molecular complexity index is 534. The van der Waals surface area contributed by atoms with Gasteiger partial charge in [-0.3, -0.25) is 9.59 Å². The maximum atomic E-state index is 11.9. The zero-order valence-corrected chi connectivity index (χ0v) is 12.5. The molecule has 112 valence electrons. The number of carbonyl (C=O) groups is 2. The standard InChI is InChI=1S/C17H22N2O2/c1-3-4-16(20)18-15-8-5-14(6-9-15)7-10-17(21)19-12-11-13(19)2/h5-6,8-9H,2-4,7,10-12H2,1H3,(H,18,20). The zero-order chi connectivity index (χ0) is 15.2. The highest BCUT2D eigenvalue weighted by Crippen LogP contribution is 2.21. The summed E-state index contributed by atoms with van der Waals surface area (Å²) in [7, 11) is 0. The fourth-order valence-electron chi connectivity index (χ4n) is 2.27. The third-order valence-electron chi connectivity index (χ3n) is 3.65. The fraction of sp³-hybridized carbons (Fsp3) is 0.412. The van der Waals surface area contributed by atoms with Crippen molar-refractivity contribution in [3.63, 3.8) is 0 Å². The minimum absolute atomic E-state index is 0.0386. The van der Waals surface area contributed by atoms with Crippen LogP contribution >= 0.6 is 0 Å². The van der Waals surface area contributed by atoms with E-state index in [0.717, 1.165) is 36.3 Å². The molecule has 0 aliphatic carbocycles. The highest BCUT2D eigenvalue weighted by molar-refractivity contribution is 5.90. The van der Waals surface area contributed by atoms with E-state index in [2.05, 4.69) is 11.9 Å². The first-order valence-corrected chi connectivity index (χ1v) is 7.47. The summed E-state index contributed by atoms with van der Waals surface area (Å²) in [6.07, 6.45) is 3.52. The van der Waals surface area contributed by atoms with E-state index in [9.17, 15) is 9.59 Å². The first-order chi connectivity index (χ1) is 10.1. The fourth-order valence-corrected chi connectivity index (χ4v) is 2.27. The van der Waals surface area contributed by atoms with Crippen LogP contribution in [0.25, 0.3) is 0 Å². The lowest BCUT2D eigenvalue weighted by atomic mass is 10.1. The van der Waals surface area contributed by atoms with Crippen LogP contribution in [-0.4, -0.2) is 23.3 Å². The Hall–Kier alpha value is -2.10. The SMILES string of the molecule is C=C1CCN1C(=O)CCc1ccc(NC(=O)CCC)cc1. The summed E-state index contributed by atoms with van der Waals surface area (Å²) < 4.78 is 0. The van der Waals surface area contributed by atoms with Crippen LogP contribution in [0.2, 0.25) is 0 Å². The van der Waals surface area contributed by atoms with Gasteiger partial charge in [0.2, 0.25) is 11.8 Å². The summed E-state index contributed by atoms with van der Waals surface area (Å²) >= 11 is 0. The molecule has 1 aliphatic heterocycles. The van der Waals surface area contributed by atoms with Crippen LogP contribution in [0.15, 0.2) is 36.5 Å². The second-order valence-corrected chi connectivity index (χ2v) is 5.36. The molecule has 1 heterocycles. The van der Waals surface area contributed by atoms with Crippen LogP contribution in [0.1, 0.15) is 38.2 Å². The molecule has 4 heteroatoms. The van der Waals surface area contributed by atoms with Crippen molar-refractivity contribution in [2.75, 3.05) is 11.9 Å². The summed E-state index contributed by atoms with van der Waals surface area (Å²) in [4.78, 5) is 25.1. The van der Waals surface area contributed by atoms with Crippen molar-refractivity contribution in [2.45, 2.75) is 39.0 Å². The highest BCUT2D eigenvalue weighted by Gasteiger charge is 2.23. The van der Waals surface area contributed by atoms with E-state index in [1.54, 1.807) is 4.90 Å². The predicted molar refractivity (Wildman–Crippen MR) is 83.8 cm³/mol. The van der Waals surface area contributed by atoms with Gasteiger partial charge in [-0.2, -0.15) is 0 Å². The van der Waals surface area contributed by atoms with E-state index < -0.39 is 0 Å². The van der Waals surface area contributed by atoms with Crippen molar-refractivity contribution >= 4 is 17.5 Å². The van der Waals surface area contributed by atoms with E-state index in [0.29, 0.717) is 19.3 Å². The van der Waals surface area contributed by atoms with Crippen LogP contribution in [0.5, 0.6) is 0 Å². The number of nitrogens with zero attached hydrogens (tertiary/aromatic N) is 1. The molecular weight excluding hydrogens is 264 g/mol. The normalized spacial score (nSPS) is 13.8. The molecular formula is C17H22N2O2. The number of anilines is 1. The van der Waals surface area contributed by atoms with Crippen molar-refractivity contribution in [3.8, 4) is 0 Å².